The number of nitrogens with zero attached hydrogens (tertiary/aromatic N) is 1. The summed E-state index contributed by atoms with van der Waals surface area (Å²) >= 11 is 0. The summed E-state index contributed by atoms with van der Waals surface area (Å²) in [5.41, 5.74) is 1.09. The van der Waals surface area contributed by atoms with Crippen LogP contribution in [0.25, 0.3) is 0 Å². The van der Waals surface area contributed by atoms with Crippen LogP contribution in [0.2, 0.25) is 0 Å². The van der Waals surface area contributed by atoms with Gasteiger partial charge < -0.3 is 14.6 Å². The maximum Gasteiger partial charge on any atom is 0.314 e. The molecule has 1 unspecified atom stereocenters. The minimum absolute atomic E-state index is 0.495. The Balaban J connectivity index is 2.13. The van der Waals surface area contributed by atoms with Gasteiger partial charge in [-0.1, -0.05) is 5.16 Å². The third-order valence-electron chi connectivity index (χ3n) is 2.49. The summed E-state index contributed by atoms with van der Waals surface area (Å²) < 4.78 is 10.0. The molecule has 13 heavy (non-hydrogen) atoms. The lowest BCUT2D eigenvalue weighted by Crippen LogP contribution is -2.28. The molecule has 4 heteroatoms. The van der Waals surface area contributed by atoms with Gasteiger partial charge in [-0.3, -0.25) is 0 Å². The van der Waals surface area contributed by atoms with Crippen molar-refractivity contribution in [1.29, 1.82) is 0 Å². The normalized spacial score (nSPS) is 23.0. The standard InChI is InChI=1S/C9H14N2O2/c1-12-9-8(6-11-13-9)7-3-2-4-10-5-7/h6-7,10H,2-5H2,1H3. The molecular weight excluding hydrogens is 168 g/mol. The van der Waals surface area contributed by atoms with Crippen molar-refractivity contribution in [3.63, 3.8) is 0 Å². The Labute approximate surface area is 77.2 Å². The zero-order chi connectivity index (χ0) is 9.10. The predicted molar refractivity (Wildman–Crippen MR) is 47.9 cm³/mol. The van der Waals surface area contributed by atoms with Crippen LogP contribution in [0.15, 0.2) is 10.7 Å². The van der Waals surface area contributed by atoms with Crippen LogP contribution in [0.3, 0.4) is 0 Å². The first-order valence-corrected chi connectivity index (χ1v) is 4.61. The van der Waals surface area contributed by atoms with Crippen LogP contribution in [0.1, 0.15) is 24.3 Å². The summed E-state index contributed by atoms with van der Waals surface area (Å²) in [6.07, 6.45) is 4.15. The quantitative estimate of drug-likeness (QED) is 0.745. The first-order valence-electron chi connectivity index (χ1n) is 4.61. The predicted octanol–water partition coefficient (Wildman–Crippen LogP) is 1.15. The van der Waals surface area contributed by atoms with Gasteiger partial charge >= 0.3 is 5.95 Å². The highest BCUT2D eigenvalue weighted by Crippen LogP contribution is 2.30. The van der Waals surface area contributed by atoms with Crippen molar-refractivity contribution in [3.05, 3.63) is 11.8 Å². The largest absolute Gasteiger partial charge is 0.467 e. The van der Waals surface area contributed by atoms with E-state index in [2.05, 4.69) is 10.5 Å². The number of ether oxygens (including phenoxy) is 1. The van der Waals surface area contributed by atoms with Gasteiger partial charge in [-0.2, -0.15) is 0 Å². The average molecular weight is 182 g/mol. The molecule has 1 atom stereocenters. The first-order chi connectivity index (χ1) is 6.42. The van der Waals surface area contributed by atoms with Crippen molar-refractivity contribution in [2.75, 3.05) is 20.2 Å². The molecule has 0 bridgehead atoms. The lowest BCUT2D eigenvalue weighted by atomic mass is 9.94. The number of nitrogens with one attached hydrogen (secondary N) is 1. The number of hydrogen-bond acceptors (Lipinski definition) is 4. The van der Waals surface area contributed by atoms with Crippen molar-refractivity contribution in [1.82, 2.24) is 10.5 Å². The molecule has 0 amide bonds. The Morgan fingerprint density at radius 1 is 1.69 bits per heavy atom. The van der Waals surface area contributed by atoms with Crippen LogP contribution < -0.4 is 10.1 Å². The number of aromatic nitrogens is 1. The van der Waals surface area contributed by atoms with E-state index in [0.29, 0.717) is 11.9 Å². The van der Waals surface area contributed by atoms with E-state index in [1.54, 1.807) is 13.3 Å². The van der Waals surface area contributed by atoms with Crippen molar-refractivity contribution in [2.24, 2.45) is 0 Å². The van der Waals surface area contributed by atoms with Gasteiger partial charge in [0.1, 0.15) is 0 Å². The van der Waals surface area contributed by atoms with Crippen LogP contribution in [0, 0.1) is 0 Å². The average Bonchev–Trinajstić information content (AvgIpc) is 2.67. The van der Waals surface area contributed by atoms with Crippen molar-refractivity contribution < 1.29 is 9.26 Å². The summed E-state index contributed by atoms with van der Waals surface area (Å²) in [6, 6.07) is 0. The molecule has 0 aromatic carbocycles. The van der Waals surface area contributed by atoms with Crippen LogP contribution in [0.4, 0.5) is 0 Å². The molecule has 1 fully saturated rings. The Hall–Kier alpha value is -1.03. The third kappa shape index (κ3) is 1.67. The zero-order valence-electron chi connectivity index (χ0n) is 7.75. The van der Waals surface area contributed by atoms with Gasteiger partial charge in [-0.25, -0.2) is 0 Å². The first kappa shape index (κ1) is 8.56. The summed E-state index contributed by atoms with van der Waals surface area (Å²) in [7, 11) is 1.61. The fraction of sp³-hybridized carbons (Fsp3) is 0.667. The van der Waals surface area contributed by atoms with Gasteiger partial charge in [0, 0.05) is 12.5 Å². The minimum atomic E-state index is 0.495. The van der Waals surface area contributed by atoms with Gasteiger partial charge in [0.2, 0.25) is 0 Å². The van der Waals surface area contributed by atoms with E-state index in [1.165, 1.54) is 12.8 Å². The maximum absolute atomic E-state index is 5.08. The van der Waals surface area contributed by atoms with Gasteiger partial charge in [0.15, 0.2) is 0 Å². The van der Waals surface area contributed by atoms with E-state index in [9.17, 15) is 0 Å². The summed E-state index contributed by atoms with van der Waals surface area (Å²) in [6.45, 7) is 2.11. The summed E-state index contributed by atoms with van der Waals surface area (Å²) in [5, 5.41) is 7.09. The van der Waals surface area contributed by atoms with Crippen molar-refractivity contribution >= 4 is 0 Å². The Kier molecular flexibility index (Phi) is 2.49. The minimum Gasteiger partial charge on any atom is -0.467 e. The molecule has 72 valence electrons. The molecule has 1 aliphatic rings. The lowest BCUT2D eigenvalue weighted by molar-refractivity contribution is 0.255. The zero-order valence-corrected chi connectivity index (χ0v) is 7.75. The molecule has 2 heterocycles. The molecule has 1 N–H and O–H groups in total. The van der Waals surface area contributed by atoms with Gasteiger partial charge in [-0.15, -0.1) is 0 Å². The third-order valence-corrected chi connectivity index (χ3v) is 2.49. The van der Waals surface area contributed by atoms with Crippen LogP contribution in [-0.2, 0) is 0 Å². The van der Waals surface area contributed by atoms with Crippen molar-refractivity contribution in [2.45, 2.75) is 18.8 Å². The van der Waals surface area contributed by atoms with E-state index in [1.807, 2.05) is 0 Å². The van der Waals surface area contributed by atoms with E-state index < -0.39 is 0 Å². The number of methoxy groups -OCH3 is 1. The van der Waals surface area contributed by atoms with E-state index in [-0.39, 0.29) is 0 Å². The fourth-order valence-corrected chi connectivity index (χ4v) is 1.78. The second kappa shape index (κ2) is 3.79. The Morgan fingerprint density at radius 3 is 3.31 bits per heavy atom. The summed E-state index contributed by atoms with van der Waals surface area (Å²) in [5.74, 6) is 1.06. The highest BCUT2D eigenvalue weighted by molar-refractivity contribution is 5.24. The Bertz CT molecular complexity index is 266. The highest BCUT2D eigenvalue weighted by atomic mass is 16.6. The SMILES string of the molecule is COc1oncc1C1CCCNC1. The molecule has 0 radical (unpaired) electrons. The van der Waals surface area contributed by atoms with Gasteiger partial charge in [-0.05, 0) is 19.4 Å². The molecule has 1 aliphatic heterocycles. The van der Waals surface area contributed by atoms with Crippen LogP contribution in [0.5, 0.6) is 5.95 Å². The smallest absolute Gasteiger partial charge is 0.314 e. The van der Waals surface area contributed by atoms with Crippen LogP contribution >= 0.6 is 0 Å². The molecule has 0 saturated carbocycles. The molecule has 2 rings (SSSR count). The van der Waals surface area contributed by atoms with Crippen LogP contribution in [-0.4, -0.2) is 25.4 Å². The molecule has 1 aromatic heterocycles. The molecule has 0 spiro atoms. The maximum atomic E-state index is 5.08. The van der Waals surface area contributed by atoms with Gasteiger partial charge in [0.25, 0.3) is 0 Å². The van der Waals surface area contributed by atoms with Crippen molar-refractivity contribution in [3.8, 4) is 5.95 Å². The molecule has 4 nitrogen and oxygen atoms in total. The van der Waals surface area contributed by atoms with E-state index in [4.69, 9.17) is 9.26 Å². The molecule has 0 aliphatic carbocycles. The fourth-order valence-electron chi connectivity index (χ4n) is 1.78. The topological polar surface area (TPSA) is 47.3 Å². The second-order valence-electron chi connectivity index (χ2n) is 3.32. The number of rotatable bonds is 2. The van der Waals surface area contributed by atoms with E-state index >= 15 is 0 Å². The lowest BCUT2D eigenvalue weighted by Gasteiger charge is -2.21. The van der Waals surface area contributed by atoms with Gasteiger partial charge in [0.05, 0.1) is 18.9 Å². The van der Waals surface area contributed by atoms with E-state index in [0.717, 1.165) is 18.7 Å². The molecule has 1 saturated heterocycles. The number of hydrogen-bond donors (Lipinski definition) is 1. The monoisotopic (exact) mass is 182 g/mol. The molecular formula is C9H14N2O2. The Morgan fingerprint density at radius 2 is 2.62 bits per heavy atom. The summed E-state index contributed by atoms with van der Waals surface area (Å²) in [4.78, 5) is 0. The second-order valence-corrected chi connectivity index (χ2v) is 3.32. The highest BCUT2D eigenvalue weighted by Gasteiger charge is 2.21. The molecule has 1 aromatic rings. The number of piperidine rings is 1.